The fourth-order valence-corrected chi connectivity index (χ4v) is 0.731. The van der Waals surface area contributed by atoms with Gasteiger partial charge in [0.15, 0.2) is 0 Å². The number of aliphatic carboxylic acids is 1. The van der Waals surface area contributed by atoms with E-state index in [1.54, 1.807) is 0 Å². The minimum atomic E-state index is -0.991. The monoisotopic (exact) mass is 200 g/mol. The van der Waals surface area contributed by atoms with E-state index in [-0.39, 0.29) is 18.7 Å². The highest BCUT2D eigenvalue weighted by atomic mass is 16.4. The first kappa shape index (κ1) is 12.2. The summed E-state index contributed by atoms with van der Waals surface area (Å²) in [6.45, 7) is 0.729. The van der Waals surface area contributed by atoms with Crippen molar-refractivity contribution >= 4 is 11.9 Å². The van der Waals surface area contributed by atoms with Gasteiger partial charge in [0.25, 0.3) is 0 Å². The molecule has 7 heteroatoms. The van der Waals surface area contributed by atoms with E-state index in [4.69, 9.17) is 10.6 Å². The van der Waals surface area contributed by atoms with Crippen molar-refractivity contribution in [2.24, 2.45) is 5.11 Å². The average Bonchev–Trinajstić information content (AvgIpc) is 2.14. The molecule has 0 bridgehead atoms. The van der Waals surface area contributed by atoms with Gasteiger partial charge in [-0.2, -0.15) is 0 Å². The molecule has 7 nitrogen and oxygen atoms in total. The zero-order chi connectivity index (χ0) is 10.8. The van der Waals surface area contributed by atoms with Crippen LogP contribution in [0.25, 0.3) is 10.4 Å². The number of rotatable bonds is 7. The van der Waals surface area contributed by atoms with Crippen LogP contribution in [0.1, 0.15) is 19.3 Å². The number of hydrogen-bond acceptors (Lipinski definition) is 3. The third-order valence-electron chi connectivity index (χ3n) is 1.39. The molecule has 1 amide bonds. The number of hydrogen-bond donors (Lipinski definition) is 2. The predicted octanol–water partition coefficient (Wildman–Crippen LogP) is 0.668. The summed E-state index contributed by atoms with van der Waals surface area (Å²) in [7, 11) is 0. The van der Waals surface area contributed by atoms with Crippen molar-refractivity contribution in [3.05, 3.63) is 10.4 Å². The maximum atomic E-state index is 10.9. The zero-order valence-electron chi connectivity index (χ0n) is 7.64. The van der Waals surface area contributed by atoms with Gasteiger partial charge in [0.2, 0.25) is 5.91 Å². The molecule has 14 heavy (non-hydrogen) atoms. The molecule has 2 N–H and O–H groups in total. The molecule has 0 fully saturated rings. The van der Waals surface area contributed by atoms with Crippen LogP contribution in [0.15, 0.2) is 5.11 Å². The lowest BCUT2D eigenvalue weighted by molar-refractivity contribution is -0.138. The van der Waals surface area contributed by atoms with Crippen LogP contribution >= 0.6 is 0 Å². The van der Waals surface area contributed by atoms with Gasteiger partial charge < -0.3 is 10.4 Å². The van der Waals surface area contributed by atoms with Gasteiger partial charge >= 0.3 is 5.97 Å². The maximum Gasteiger partial charge on any atom is 0.303 e. The summed E-state index contributed by atoms with van der Waals surface area (Å²) in [5.41, 5.74) is 7.93. The van der Waals surface area contributed by atoms with Crippen molar-refractivity contribution in [1.82, 2.24) is 5.32 Å². The van der Waals surface area contributed by atoms with Gasteiger partial charge in [0.05, 0.1) is 6.42 Å². The Morgan fingerprint density at radius 1 is 1.43 bits per heavy atom. The average molecular weight is 200 g/mol. The Kier molecular flexibility index (Phi) is 6.89. The number of amides is 1. The van der Waals surface area contributed by atoms with Crippen LogP contribution in [0.2, 0.25) is 0 Å². The Morgan fingerprint density at radius 2 is 2.14 bits per heavy atom. The largest absolute Gasteiger partial charge is 0.481 e. The lowest BCUT2D eigenvalue weighted by Gasteiger charge is -2.01. The third-order valence-corrected chi connectivity index (χ3v) is 1.39. The van der Waals surface area contributed by atoms with Gasteiger partial charge in [-0.25, -0.2) is 0 Å². The molecule has 0 aliphatic heterocycles. The Morgan fingerprint density at radius 3 is 2.71 bits per heavy atom. The topological polar surface area (TPSA) is 115 Å². The molecular weight excluding hydrogens is 188 g/mol. The highest BCUT2D eigenvalue weighted by molar-refractivity contribution is 5.80. The molecule has 0 rings (SSSR count). The fourth-order valence-electron chi connectivity index (χ4n) is 0.731. The van der Waals surface area contributed by atoms with E-state index in [1.165, 1.54) is 0 Å². The molecule has 0 radical (unpaired) electrons. The van der Waals surface area contributed by atoms with E-state index in [9.17, 15) is 9.59 Å². The summed E-state index contributed by atoms with van der Waals surface area (Å²) in [6.07, 6.45) is 0.377. The summed E-state index contributed by atoms with van der Waals surface area (Å²) >= 11 is 0. The van der Waals surface area contributed by atoms with E-state index in [0.29, 0.717) is 19.5 Å². The van der Waals surface area contributed by atoms with Crippen molar-refractivity contribution in [3.63, 3.8) is 0 Å². The molecule has 0 aromatic carbocycles. The molecule has 0 aliphatic rings. The Hall–Kier alpha value is -1.75. The minimum absolute atomic E-state index is 0.0170. The maximum absolute atomic E-state index is 10.9. The summed E-state index contributed by atoms with van der Waals surface area (Å²) in [5, 5.41) is 14.1. The highest BCUT2D eigenvalue weighted by Crippen LogP contribution is 1.88. The third kappa shape index (κ3) is 8.35. The number of carbonyl (C=O) groups is 2. The fraction of sp³-hybridized carbons (Fsp3) is 0.714. The van der Waals surface area contributed by atoms with Gasteiger partial charge in [0, 0.05) is 24.4 Å². The molecule has 0 aromatic rings. The molecule has 0 heterocycles. The van der Waals surface area contributed by atoms with Gasteiger partial charge in [-0.3, -0.25) is 9.59 Å². The van der Waals surface area contributed by atoms with Crippen LogP contribution in [0.5, 0.6) is 0 Å². The summed E-state index contributed by atoms with van der Waals surface area (Å²) in [5.74, 6) is -1.29. The molecule has 0 spiro atoms. The molecule has 0 aromatic heterocycles. The highest BCUT2D eigenvalue weighted by Gasteiger charge is 2.03. The van der Waals surface area contributed by atoms with Crippen LogP contribution in [0.4, 0.5) is 0 Å². The van der Waals surface area contributed by atoms with Crippen LogP contribution in [0.3, 0.4) is 0 Å². The van der Waals surface area contributed by atoms with Gasteiger partial charge in [0.1, 0.15) is 0 Å². The second-order valence-electron chi connectivity index (χ2n) is 2.55. The first-order valence-corrected chi connectivity index (χ1v) is 4.16. The normalized spacial score (nSPS) is 8.86. The van der Waals surface area contributed by atoms with E-state index >= 15 is 0 Å². The van der Waals surface area contributed by atoms with Gasteiger partial charge in [-0.1, -0.05) is 5.11 Å². The van der Waals surface area contributed by atoms with E-state index < -0.39 is 5.97 Å². The standard InChI is InChI=1S/C7H12N4O3/c8-11-10-5-1-4-9-6(12)2-3-7(13)14/h1-5H2,(H,9,12)(H,13,14). The van der Waals surface area contributed by atoms with E-state index in [2.05, 4.69) is 15.3 Å². The van der Waals surface area contributed by atoms with E-state index in [0.717, 1.165) is 0 Å². The van der Waals surface area contributed by atoms with Crippen molar-refractivity contribution in [2.75, 3.05) is 13.1 Å². The number of carbonyl (C=O) groups excluding carboxylic acids is 1. The molecule has 0 saturated carbocycles. The van der Waals surface area contributed by atoms with Crippen molar-refractivity contribution in [1.29, 1.82) is 0 Å². The van der Waals surface area contributed by atoms with Crippen LogP contribution in [0, 0.1) is 0 Å². The Labute approximate surface area is 80.7 Å². The molecule has 0 unspecified atom stereocenters. The van der Waals surface area contributed by atoms with Crippen LogP contribution in [-0.2, 0) is 9.59 Å². The van der Waals surface area contributed by atoms with Crippen molar-refractivity contribution in [3.8, 4) is 0 Å². The van der Waals surface area contributed by atoms with Crippen molar-refractivity contribution in [2.45, 2.75) is 19.3 Å². The second-order valence-corrected chi connectivity index (χ2v) is 2.55. The Balaban J connectivity index is 3.35. The van der Waals surface area contributed by atoms with E-state index in [1.807, 2.05) is 0 Å². The van der Waals surface area contributed by atoms with Gasteiger partial charge in [-0.15, -0.1) is 0 Å². The first-order chi connectivity index (χ1) is 6.66. The predicted molar refractivity (Wildman–Crippen MR) is 48.5 cm³/mol. The summed E-state index contributed by atoms with van der Waals surface area (Å²) in [6, 6.07) is 0. The molecular formula is C7H12N4O3. The smallest absolute Gasteiger partial charge is 0.303 e. The van der Waals surface area contributed by atoms with Crippen molar-refractivity contribution < 1.29 is 14.7 Å². The summed E-state index contributed by atoms with van der Waals surface area (Å²) < 4.78 is 0. The lowest BCUT2D eigenvalue weighted by Crippen LogP contribution is -2.25. The minimum Gasteiger partial charge on any atom is -0.481 e. The first-order valence-electron chi connectivity index (χ1n) is 4.16. The van der Waals surface area contributed by atoms with Crippen LogP contribution in [-0.4, -0.2) is 30.1 Å². The number of nitrogens with zero attached hydrogens (tertiary/aromatic N) is 3. The molecule has 78 valence electrons. The second kappa shape index (κ2) is 7.88. The SMILES string of the molecule is [N-]=[N+]=NCCCNC(=O)CCC(=O)O. The number of carboxylic acid groups (broad SMARTS) is 1. The lowest BCUT2D eigenvalue weighted by atomic mass is 10.3. The molecule has 0 atom stereocenters. The zero-order valence-corrected chi connectivity index (χ0v) is 7.64. The molecule has 0 saturated heterocycles. The molecule has 0 aliphatic carbocycles. The van der Waals surface area contributed by atoms with Gasteiger partial charge in [-0.05, 0) is 12.0 Å². The Bertz CT molecular complexity index is 247. The quantitative estimate of drug-likeness (QED) is 0.272. The summed E-state index contributed by atoms with van der Waals surface area (Å²) in [4.78, 5) is 23.5. The number of nitrogens with one attached hydrogen (secondary N) is 1. The number of carboxylic acids is 1. The van der Waals surface area contributed by atoms with Crippen LogP contribution < -0.4 is 5.32 Å². The number of azide groups is 1.